The van der Waals surface area contributed by atoms with Crippen LogP contribution in [0.25, 0.3) is 11.2 Å². The molecule has 7 nitrogen and oxygen atoms in total. The number of hydrogen-bond donors (Lipinski definition) is 0. The molecule has 0 N–H and O–H groups in total. The Bertz CT molecular complexity index is 1450. The van der Waals surface area contributed by atoms with E-state index in [1.54, 1.807) is 12.4 Å². The van der Waals surface area contributed by atoms with Crippen LogP contribution in [0.3, 0.4) is 0 Å². The highest BCUT2D eigenvalue weighted by Gasteiger charge is 2.23. The fraction of sp³-hybridized carbons (Fsp3) is 0.259. The van der Waals surface area contributed by atoms with Crippen LogP contribution in [0.1, 0.15) is 39.3 Å². The number of aryl methyl sites for hydroxylation is 1. The third kappa shape index (κ3) is 3.95. The van der Waals surface area contributed by atoms with Gasteiger partial charge in [0.15, 0.2) is 5.65 Å². The van der Waals surface area contributed by atoms with E-state index in [0.717, 1.165) is 40.3 Å². The van der Waals surface area contributed by atoms with Gasteiger partial charge in [0, 0.05) is 48.8 Å². The van der Waals surface area contributed by atoms with Gasteiger partial charge in [0.05, 0.1) is 6.61 Å². The maximum Gasteiger partial charge on any atom is 0.254 e. The smallest absolute Gasteiger partial charge is 0.254 e. The summed E-state index contributed by atoms with van der Waals surface area (Å²) >= 11 is 0. The molecule has 0 atom stereocenters. The van der Waals surface area contributed by atoms with Gasteiger partial charge in [-0.15, -0.1) is 10.2 Å². The van der Waals surface area contributed by atoms with Crippen molar-refractivity contribution in [2.24, 2.45) is 0 Å². The minimum absolute atomic E-state index is 0.0343. The molecule has 4 heterocycles. The zero-order valence-electron chi connectivity index (χ0n) is 19.2. The largest absolute Gasteiger partial charge is 0.493 e. The SMILES string of the molecule is O=C(c1ccccc1)N1CC=C(c2cnc(CCc3c(F)ccc4c3CCO4)n3cnnc23)CC1. The Labute approximate surface area is 201 Å². The van der Waals surface area contributed by atoms with Crippen LogP contribution >= 0.6 is 0 Å². The second-order valence-corrected chi connectivity index (χ2v) is 8.81. The Morgan fingerprint density at radius 1 is 1.09 bits per heavy atom. The van der Waals surface area contributed by atoms with Crippen molar-refractivity contribution in [3.63, 3.8) is 0 Å². The van der Waals surface area contributed by atoms with Crippen LogP contribution in [0, 0.1) is 5.82 Å². The van der Waals surface area contributed by atoms with Crippen LogP contribution < -0.4 is 4.74 Å². The van der Waals surface area contributed by atoms with Crippen LogP contribution in [0.15, 0.2) is 61.1 Å². The average molecular weight is 470 g/mol. The van der Waals surface area contributed by atoms with E-state index in [-0.39, 0.29) is 11.7 Å². The van der Waals surface area contributed by atoms with Gasteiger partial charge in [-0.05, 0) is 48.2 Å². The predicted molar refractivity (Wildman–Crippen MR) is 129 cm³/mol. The number of hydrogen-bond acceptors (Lipinski definition) is 5. The third-order valence-corrected chi connectivity index (χ3v) is 6.81. The summed E-state index contributed by atoms with van der Waals surface area (Å²) in [6, 6.07) is 12.5. The first kappa shape index (κ1) is 21.5. The van der Waals surface area contributed by atoms with Gasteiger partial charge in [-0.25, -0.2) is 9.37 Å². The molecular weight excluding hydrogens is 445 g/mol. The van der Waals surface area contributed by atoms with Gasteiger partial charge in [0.1, 0.15) is 23.7 Å². The number of rotatable bonds is 5. The van der Waals surface area contributed by atoms with E-state index in [4.69, 9.17) is 9.72 Å². The Morgan fingerprint density at radius 3 is 2.80 bits per heavy atom. The number of nitrogens with zero attached hydrogens (tertiary/aromatic N) is 5. The number of benzene rings is 2. The lowest BCUT2D eigenvalue weighted by Crippen LogP contribution is -2.34. The summed E-state index contributed by atoms with van der Waals surface area (Å²) in [6.07, 6.45) is 8.08. The summed E-state index contributed by atoms with van der Waals surface area (Å²) in [5, 5.41) is 8.46. The zero-order valence-corrected chi connectivity index (χ0v) is 19.2. The molecule has 35 heavy (non-hydrogen) atoms. The van der Waals surface area contributed by atoms with Gasteiger partial charge in [-0.3, -0.25) is 9.20 Å². The molecule has 6 rings (SSSR count). The molecule has 2 aromatic carbocycles. The Kier molecular flexibility index (Phi) is 5.48. The maximum atomic E-state index is 14.6. The number of carbonyl (C=O) groups is 1. The molecule has 2 aromatic heterocycles. The normalized spacial score (nSPS) is 15.1. The van der Waals surface area contributed by atoms with E-state index in [1.165, 1.54) is 6.07 Å². The predicted octanol–water partition coefficient (Wildman–Crippen LogP) is 3.91. The minimum Gasteiger partial charge on any atom is -0.493 e. The Balaban J connectivity index is 1.22. The average Bonchev–Trinajstić information content (AvgIpc) is 3.59. The Hall–Kier alpha value is -4.07. The second kappa shape index (κ2) is 8.94. The van der Waals surface area contributed by atoms with Crippen molar-refractivity contribution in [1.29, 1.82) is 0 Å². The van der Waals surface area contributed by atoms with Gasteiger partial charge in [-0.2, -0.15) is 0 Å². The number of ether oxygens (including phenoxy) is 1. The lowest BCUT2D eigenvalue weighted by molar-refractivity contribution is 0.0773. The van der Waals surface area contributed by atoms with Crippen LogP contribution in [0.5, 0.6) is 5.75 Å². The zero-order chi connectivity index (χ0) is 23.8. The molecule has 8 heteroatoms. The van der Waals surface area contributed by atoms with Crippen molar-refractivity contribution >= 4 is 17.1 Å². The molecule has 0 saturated heterocycles. The van der Waals surface area contributed by atoms with E-state index in [2.05, 4.69) is 16.3 Å². The van der Waals surface area contributed by atoms with Gasteiger partial charge < -0.3 is 9.64 Å². The highest BCUT2D eigenvalue weighted by Crippen LogP contribution is 2.31. The van der Waals surface area contributed by atoms with Gasteiger partial charge in [0.2, 0.25) is 0 Å². The highest BCUT2D eigenvalue weighted by molar-refractivity contribution is 5.94. The molecule has 0 spiro atoms. The number of carbonyl (C=O) groups excluding carboxylic acids is 1. The monoisotopic (exact) mass is 469 g/mol. The van der Waals surface area contributed by atoms with E-state index in [9.17, 15) is 9.18 Å². The summed E-state index contributed by atoms with van der Waals surface area (Å²) in [5.74, 6) is 1.39. The van der Waals surface area contributed by atoms with Crippen molar-refractivity contribution in [2.75, 3.05) is 19.7 Å². The molecule has 4 aromatic rings. The van der Waals surface area contributed by atoms with Gasteiger partial charge >= 0.3 is 0 Å². The summed E-state index contributed by atoms with van der Waals surface area (Å²) in [7, 11) is 0. The van der Waals surface area contributed by atoms with Crippen molar-refractivity contribution < 1.29 is 13.9 Å². The van der Waals surface area contributed by atoms with Crippen LogP contribution in [0.2, 0.25) is 0 Å². The van der Waals surface area contributed by atoms with Gasteiger partial charge in [-0.1, -0.05) is 24.3 Å². The van der Waals surface area contributed by atoms with Crippen LogP contribution in [-0.2, 0) is 19.3 Å². The summed E-state index contributed by atoms with van der Waals surface area (Å²) in [6.45, 7) is 1.76. The summed E-state index contributed by atoms with van der Waals surface area (Å²) in [4.78, 5) is 19.3. The molecule has 0 saturated carbocycles. The van der Waals surface area contributed by atoms with Gasteiger partial charge in [0.25, 0.3) is 5.91 Å². The molecule has 0 aliphatic carbocycles. The summed E-state index contributed by atoms with van der Waals surface area (Å²) in [5.41, 5.74) is 5.10. The molecule has 2 aliphatic rings. The topological polar surface area (TPSA) is 72.6 Å². The maximum absolute atomic E-state index is 14.6. The van der Waals surface area contributed by atoms with Crippen molar-refractivity contribution in [3.8, 4) is 5.75 Å². The van der Waals surface area contributed by atoms with Crippen molar-refractivity contribution in [1.82, 2.24) is 24.5 Å². The molecule has 0 radical (unpaired) electrons. The van der Waals surface area contributed by atoms with Crippen LogP contribution in [0.4, 0.5) is 4.39 Å². The molecule has 0 fully saturated rings. The number of aromatic nitrogens is 4. The van der Waals surface area contributed by atoms with Crippen molar-refractivity contribution in [2.45, 2.75) is 25.7 Å². The second-order valence-electron chi connectivity index (χ2n) is 8.81. The van der Waals surface area contributed by atoms with E-state index in [1.807, 2.05) is 45.8 Å². The quantitative estimate of drug-likeness (QED) is 0.443. The van der Waals surface area contributed by atoms with Crippen LogP contribution in [-0.4, -0.2) is 50.1 Å². The standard InChI is InChI=1S/C27H24FN5O2/c28-23-7-8-24-21(12-15-35-24)20(23)6-9-25-29-16-22(26-31-30-17-33(25)26)18-10-13-32(14-11-18)27(34)19-4-2-1-3-5-19/h1-5,7-8,10,16-17H,6,9,11-15H2. The summed E-state index contributed by atoms with van der Waals surface area (Å²) < 4.78 is 22.0. The van der Waals surface area contributed by atoms with E-state index in [0.29, 0.717) is 50.1 Å². The fourth-order valence-electron chi connectivity index (χ4n) is 4.96. The fourth-order valence-corrected chi connectivity index (χ4v) is 4.96. The first-order valence-electron chi connectivity index (χ1n) is 11.8. The molecule has 0 unspecified atom stereocenters. The van der Waals surface area contributed by atoms with Crippen molar-refractivity contribution in [3.05, 3.63) is 95.0 Å². The highest BCUT2D eigenvalue weighted by atomic mass is 19.1. The number of fused-ring (bicyclic) bond motifs is 2. The first-order chi connectivity index (χ1) is 17.2. The molecule has 2 aliphatic heterocycles. The van der Waals surface area contributed by atoms with E-state index >= 15 is 0 Å². The lowest BCUT2D eigenvalue weighted by atomic mass is 9.99. The van der Waals surface area contributed by atoms with E-state index < -0.39 is 0 Å². The molecule has 176 valence electrons. The molecule has 1 amide bonds. The number of amides is 1. The molecule has 0 bridgehead atoms. The minimum atomic E-state index is -0.201. The molecular formula is C27H24FN5O2. The lowest BCUT2D eigenvalue weighted by Gasteiger charge is -2.26. The number of halogens is 1. The Morgan fingerprint density at radius 2 is 1.97 bits per heavy atom. The first-order valence-corrected chi connectivity index (χ1v) is 11.8. The third-order valence-electron chi connectivity index (χ3n) is 6.81.